The highest BCUT2D eigenvalue weighted by atomic mass is 32.2. The number of ether oxygens (including phenoxy) is 1. The third kappa shape index (κ3) is 5.50. The van der Waals surface area contributed by atoms with Crippen molar-refractivity contribution in [2.75, 3.05) is 11.5 Å². The van der Waals surface area contributed by atoms with Crippen LogP contribution in [0.5, 0.6) is 5.75 Å². The number of nitroso groups, excluding NO2 is 1. The average Bonchev–Trinajstić information content (AvgIpc) is 3.35. The molecule has 0 aliphatic carbocycles. The molecule has 0 saturated carbocycles. The lowest BCUT2D eigenvalue weighted by atomic mass is 9.98. The first-order valence-corrected chi connectivity index (χ1v) is 11.7. The highest BCUT2D eigenvalue weighted by Crippen LogP contribution is 2.39. The molecule has 0 unspecified atom stereocenters. The van der Waals surface area contributed by atoms with Gasteiger partial charge in [0, 0.05) is 39.8 Å². The fourth-order valence-electron chi connectivity index (χ4n) is 3.36. The summed E-state index contributed by atoms with van der Waals surface area (Å²) < 4.78 is 77.1. The number of benzene rings is 2. The van der Waals surface area contributed by atoms with Gasteiger partial charge in [0.1, 0.15) is 17.3 Å². The Morgan fingerprint density at radius 3 is 2.31 bits per heavy atom. The highest BCUT2D eigenvalue weighted by Gasteiger charge is 2.30. The molecule has 0 spiro atoms. The summed E-state index contributed by atoms with van der Waals surface area (Å²) in [6.07, 6.45) is -4.37. The number of alkyl halides is 2. The molecule has 0 radical (unpaired) electrons. The summed E-state index contributed by atoms with van der Waals surface area (Å²) in [4.78, 5) is 34.4. The van der Waals surface area contributed by atoms with Gasteiger partial charge in [0.25, 0.3) is 5.91 Å². The summed E-state index contributed by atoms with van der Waals surface area (Å²) in [5.74, 6) is -7.08. The van der Waals surface area contributed by atoms with Crippen molar-refractivity contribution in [1.82, 2.24) is 0 Å². The van der Waals surface area contributed by atoms with Crippen LogP contribution in [0, 0.1) is 22.4 Å². The van der Waals surface area contributed by atoms with Crippen molar-refractivity contribution < 1.29 is 36.3 Å². The molecule has 2 aromatic carbocycles. The van der Waals surface area contributed by atoms with Crippen LogP contribution in [-0.2, 0) is 16.0 Å². The number of nitrogens with zero attached hydrogens (tertiary/aromatic N) is 3. The van der Waals surface area contributed by atoms with Crippen LogP contribution in [0.15, 0.2) is 50.8 Å². The van der Waals surface area contributed by atoms with E-state index in [2.05, 4.69) is 20.1 Å². The number of azo groups is 1. The molecule has 1 heterocycles. The van der Waals surface area contributed by atoms with Gasteiger partial charge in [-0.1, -0.05) is 26.0 Å². The van der Waals surface area contributed by atoms with Crippen LogP contribution < -0.4 is 4.74 Å². The molecule has 7 nitrogen and oxygen atoms in total. The first-order valence-electron chi connectivity index (χ1n) is 10.5. The Morgan fingerprint density at radius 1 is 1.03 bits per heavy atom. The summed E-state index contributed by atoms with van der Waals surface area (Å²) in [6, 6.07) is 4.50. The van der Waals surface area contributed by atoms with Crippen molar-refractivity contribution >= 4 is 29.3 Å². The molecule has 0 bridgehead atoms. The number of carbonyl (C=O) groups excluding carboxylic acids is 2. The topological polar surface area (TPSA) is 97.5 Å². The summed E-state index contributed by atoms with van der Waals surface area (Å²) in [6.45, 7) is 2.61. The van der Waals surface area contributed by atoms with Crippen LogP contribution in [0.1, 0.15) is 25.8 Å². The molecule has 190 valence electrons. The van der Waals surface area contributed by atoms with Gasteiger partial charge in [-0.05, 0) is 24.1 Å². The molecule has 36 heavy (non-hydrogen) atoms. The van der Waals surface area contributed by atoms with E-state index in [1.54, 1.807) is 0 Å². The maximum Gasteiger partial charge on any atom is 0.397 e. The number of thioether (sulfide) groups is 1. The summed E-state index contributed by atoms with van der Waals surface area (Å²) in [5.41, 5.74) is -2.72. The number of amides is 2. The fourth-order valence-corrected chi connectivity index (χ4v) is 4.47. The molecule has 3 rings (SSSR count). The van der Waals surface area contributed by atoms with Crippen LogP contribution in [0.4, 0.5) is 27.6 Å². The van der Waals surface area contributed by atoms with E-state index in [-0.39, 0.29) is 40.4 Å². The highest BCUT2D eigenvalue weighted by molar-refractivity contribution is 8.00. The summed E-state index contributed by atoms with van der Waals surface area (Å²) in [5, 5.41) is 8.97. The van der Waals surface area contributed by atoms with Gasteiger partial charge in [0.15, 0.2) is 11.6 Å². The van der Waals surface area contributed by atoms with E-state index in [9.17, 15) is 23.3 Å². The second-order valence-electron chi connectivity index (χ2n) is 7.47. The van der Waals surface area contributed by atoms with E-state index in [4.69, 9.17) is 0 Å². The van der Waals surface area contributed by atoms with Gasteiger partial charge in [-0.3, -0.25) is 9.59 Å². The first kappa shape index (κ1) is 27.1. The van der Waals surface area contributed by atoms with Gasteiger partial charge in [0.05, 0.1) is 5.56 Å². The quantitative estimate of drug-likeness (QED) is 0.165. The minimum absolute atomic E-state index is 0.0225. The minimum Gasteiger partial charge on any atom is -0.433 e. The number of hydrogen-bond donors (Lipinski definition) is 0. The molecule has 2 amide bonds. The van der Waals surface area contributed by atoms with Gasteiger partial charge in [-0.15, -0.1) is 15.1 Å². The Hall–Kier alpha value is -3.48. The minimum atomic E-state index is -3.52. The lowest BCUT2D eigenvalue weighted by Crippen LogP contribution is -2.23. The van der Waals surface area contributed by atoms with Crippen molar-refractivity contribution in [3.05, 3.63) is 63.3 Å². The predicted molar refractivity (Wildman–Crippen MR) is 122 cm³/mol. The Balaban J connectivity index is 2.05. The van der Waals surface area contributed by atoms with Crippen molar-refractivity contribution in [2.24, 2.45) is 15.4 Å². The van der Waals surface area contributed by atoms with Crippen LogP contribution in [0.3, 0.4) is 0 Å². The largest absolute Gasteiger partial charge is 0.433 e. The zero-order valence-corrected chi connectivity index (χ0v) is 19.7. The third-order valence-corrected chi connectivity index (χ3v) is 6.23. The lowest BCUT2D eigenvalue weighted by molar-refractivity contribution is -0.177. The zero-order chi connectivity index (χ0) is 26.6. The standard InChI is InChI=1S/C23H18F5N3O4S/c1-3-13-17(24)16(11-6-5-7-12(8-11)35-23(27,28)4-2)18(25)19(26)20(13)29-30-21(32)14-9-36-10-15(14)22(33)31-34/h5-8H,3-4,9-10H2,1-2H3. The molecule has 0 fully saturated rings. The smallest absolute Gasteiger partial charge is 0.397 e. The maximum absolute atomic E-state index is 15.3. The molecule has 1 aliphatic heterocycles. The predicted octanol–water partition coefficient (Wildman–Crippen LogP) is 6.66. The monoisotopic (exact) mass is 527 g/mol. The van der Waals surface area contributed by atoms with Crippen molar-refractivity contribution in [3.8, 4) is 16.9 Å². The van der Waals surface area contributed by atoms with E-state index < -0.39 is 58.6 Å². The third-order valence-electron chi connectivity index (χ3n) is 5.24. The second kappa shape index (κ2) is 11.1. The number of carbonyl (C=O) groups is 2. The fraction of sp³-hybridized carbons (Fsp3) is 0.304. The Morgan fingerprint density at radius 2 is 1.69 bits per heavy atom. The van der Waals surface area contributed by atoms with Gasteiger partial charge >= 0.3 is 12.0 Å². The molecular formula is C23H18F5N3O4S. The van der Waals surface area contributed by atoms with Crippen LogP contribution in [0.25, 0.3) is 11.1 Å². The van der Waals surface area contributed by atoms with Gasteiger partial charge in [-0.25, -0.2) is 13.2 Å². The second-order valence-corrected chi connectivity index (χ2v) is 8.46. The molecule has 13 heteroatoms. The molecule has 1 aliphatic rings. The molecule has 2 aromatic rings. The van der Waals surface area contributed by atoms with Crippen LogP contribution in [-0.4, -0.2) is 29.4 Å². The number of rotatable bonds is 8. The van der Waals surface area contributed by atoms with Crippen LogP contribution in [0.2, 0.25) is 0 Å². The molecule has 0 atom stereocenters. The first-order chi connectivity index (χ1) is 17.0. The van der Waals surface area contributed by atoms with Gasteiger partial charge in [-0.2, -0.15) is 20.5 Å². The van der Waals surface area contributed by atoms with Crippen LogP contribution >= 0.6 is 11.8 Å². The Kier molecular flexibility index (Phi) is 8.33. The zero-order valence-electron chi connectivity index (χ0n) is 18.9. The molecule has 0 saturated heterocycles. The number of hydrogen-bond acceptors (Lipinski definition) is 6. The Bertz CT molecular complexity index is 1300. The van der Waals surface area contributed by atoms with Crippen molar-refractivity contribution in [1.29, 1.82) is 0 Å². The Labute approximate surface area is 205 Å². The lowest BCUT2D eigenvalue weighted by Gasteiger charge is -2.17. The molecular weight excluding hydrogens is 509 g/mol. The normalized spacial score (nSPS) is 14.0. The van der Waals surface area contributed by atoms with Crippen molar-refractivity contribution in [2.45, 2.75) is 32.8 Å². The van der Waals surface area contributed by atoms with E-state index >= 15 is 13.2 Å². The number of halogens is 5. The maximum atomic E-state index is 15.3. The molecule has 0 N–H and O–H groups in total. The molecule has 0 aromatic heterocycles. The average molecular weight is 527 g/mol. The van der Waals surface area contributed by atoms with E-state index in [0.29, 0.717) is 0 Å². The van der Waals surface area contributed by atoms with Gasteiger partial charge in [0.2, 0.25) is 0 Å². The van der Waals surface area contributed by atoms with E-state index in [0.717, 1.165) is 23.9 Å². The summed E-state index contributed by atoms with van der Waals surface area (Å²) in [7, 11) is 0. The summed E-state index contributed by atoms with van der Waals surface area (Å²) >= 11 is 1.14. The van der Waals surface area contributed by atoms with E-state index in [1.807, 2.05) is 0 Å². The SMILES string of the molecule is CCc1c(F)c(-c2cccc(OC(F)(F)CC)c2)c(F)c(F)c1N=NC(=O)C1=C(C(=O)N=O)CSC1. The van der Waals surface area contributed by atoms with E-state index in [1.165, 1.54) is 26.0 Å². The van der Waals surface area contributed by atoms with Crippen molar-refractivity contribution in [3.63, 3.8) is 0 Å². The van der Waals surface area contributed by atoms with Gasteiger partial charge < -0.3 is 4.74 Å².